The van der Waals surface area contributed by atoms with Crippen LogP contribution in [0.5, 0.6) is 5.75 Å². The summed E-state index contributed by atoms with van der Waals surface area (Å²) in [4.78, 5) is 28.7. The second-order valence-electron chi connectivity index (χ2n) is 7.59. The van der Waals surface area contributed by atoms with Crippen LogP contribution in [0, 0.1) is 6.92 Å². The number of aryl methyl sites for hydroxylation is 1. The second kappa shape index (κ2) is 7.43. The molecule has 0 saturated carbocycles. The Morgan fingerprint density at radius 1 is 0.968 bits per heavy atom. The van der Waals surface area contributed by atoms with Gasteiger partial charge in [-0.15, -0.1) is 0 Å². The first kappa shape index (κ1) is 19.1. The first-order valence-corrected chi connectivity index (χ1v) is 10.3. The molecule has 1 atom stereocenters. The fraction of sp³-hybridized carbons (Fsp3) is 0.154. The highest BCUT2D eigenvalue weighted by molar-refractivity contribution is 6.10. The third-order valence-corrected chi connectivity index (χ3v) is 5.57. The van der Waals surface area contributed by atoms with Gasteiger partial charge in [-0.1, -0.05) is 42.0 Å². The monoisotopic (exact) mass is 411 g/mol. The lowest BCUT2D eigenvalue weighted by Crippen LogP contribution is -2.29. The average Bonchev–Trinajstić information content (AvgIpc) is 3.08. The second-order valence-corrected chi connectivity index (χ2v) is 7.59. The topological polar surface area (TPSA) is 59.8 Å². The van der Waals surface area contributed by atoms with Crippen molar-refractivity contribution in [2.45, 2.75) is 19.9 Å². The zero-order valence-electron chi connectivity index (χ0n) is 17.3. The molecule has 5 rings (SSSR count). The minimum Gasteiger partial charge on any atom is -0.494 e. The minimum absolute atomic E-state index is 0.101. The van der Waals surface area contributed by atoms with Crippen LogP contribution in [0.25, 0.3) is 11.0 Å². The fourth-order valence-electron chi connectivity index (χ4n) is 4.17. The molecule has 0 fully saturated rings. The maximum absolute atomic E-state index is 13.6. The number of rotatable bonds is 4. The van der Waals surface area contributed by atoms with E-state index in [1.807, 2.05) is 80.6 Å². The van der Waals surface area contributed by atoms with E-state index in [1.54, 1.807) is 11.0 Å². The molecular weight excluding hydrogens is 390 g/mol. The standard InChI is InChI=1S/C26H21NO4/c1-3-30-19-12-10-17(11-13-19)23-22-24(28)20-15-16(2)9-14-21(20)31-25(22)26(29)27(23)18-7-5-4-6-8-18/h4-15,23H,3H2,1-2H3. The van der Waals surface area contributed by atoms with Crippen LogP contribution in [0.4, 0.5) is 5.69 Å². The van der Waals surface area contributed by atoms with E-state index >= 15 is 0 Å². The Labute approximate surface area is 179 Å². The molecule has 0 aliphatic carbocycles. The summed E-state index contributed by atoms with van der Waals surface area (Å²) in [6, 6.07) is 21.7. The Balaban J connectivity index is 1.76. The van der Waals surface area contributed by atoms with Gasteiger partial charge >= 0.3 is 0 Å². The third-order valence-electron chi connectivity index (χ3n) is 5.57. The molecule has 0 N–H and O–H groups in total. The summed E-state index contributed by atoms with van der Waals surface area (Å²) in [6.07, 6.45) is 0. The predicted molar refractivity (Wildman–Crippen MR) is 120 cm³/mol. The number of hydrogen-bond acceptors (Lipinski definition) is 4. The van der Waals surface area contributed by atoms with Gasteiger partial charge in [-0.25, -0.2) is 0 Å². The van der Waals surface area contributed by atoms with E-state index in [0.717, 1.165) is 16.9 Å². The first-order valence-electron chi connectivity index (χ1n) is 10.3. The molecule has 1 unspecified atom stereocenters. The molecule has 5 heteroatoms. The minimum atomic E-state index is -0.582. The average molecular weight is 411 g/mol. The zero-order valence-corrected chi connectivity index (χ0v) is 17.3. The van der Waals surface area contributed by atoms with Crippen molar-refractivity contribution in [2.75, 3.05) is 11.5 Å². The molecule has 3 aromatic carbocycles. The molecule has 4 aromatic rings. The van der Waals surface area contributed by atoms with Gasteiger partial charge in [0, 0.05) is 5.69 Å². The van der Waals surface area contributed by atoms with Crippen LogP contribution in [0.15, 0.2) is 82.0 Å². The van der Waals surface area contributed by atoms with Gasteiger partial charge in [0.1, 0.15) is 11.3 Å². The lowest BCUT2D eigenvalue weighted by atomic mass is 9.98. The number of anilines is 1. The van der Waals surface area contributed by atoms with Crippen molar-refractivity contribution in [1.82, 2.24) is 0 Å². The summed E-state index contributed by atoms with van der Waals surface area (Å²) < 4.78 is 11.6. The highest BCUT2D eigenvalue weighted by atomic mass is 16.5. The Morgan fingerprint density at radius 3 is 2.42 bits per heavy atom. The van der Waals surface area contributed by atoms with Gasteiger partial charge in [0.25, 0.3) is 5.91 Å². The van der Waals surface area contributed by atoms with Gasteiger partial charge < -0.3 is 9.15 Å². The fourth-order valence-corrected chi connectivity index (χ4v) is 4.17. The van der Waals surface area contributed by atoms with Crippen LogP contribution in [0.3, 0.4) is 0 Å². The molecule has 1 aliphatic heterocycles. The highest BCUT2D eigenvalue weighted by Gasteiger charge is 2.43. The normalized spacial score (nSPS) is 15.4. The Kier molecular flexibility index (Phi) is 4.59. The van der Waals surface area contributed by atoms with E-state index in [4.69, 9.17) is 9.15 Å². The number of amides is 1. The number of ether oxygens (including phenoxy) is 1. The van der Waals surface area contributed by atoms with Crippen LogP contribution >= 0.6 is 0 Å². The smallest absolute Gasteiger partial charge is 0.295 e. The number of para-hydroxylation sites is 1. The number of carbonyl (C=O) groups is 1. The van der Waals surface area contributed by atoms with E-state index < -0.39 is 6.04 Å². The molecule has 0 bridgehead atoms. The van der Waals surface area contributed by atoms with Crippen molar-refractivity contribution >= 4 is 22.6 Å². The number of carbonyl (C=O) groups excluding carboxylic acids is 1. The number of hydrogen-bond donors (Lipinski definition) is 0. The van der Waals surface area contributed by atoms with Crippen molar-refractivity contribution < 1.29 is 13.9 Å². The molecule has 0 spiro atoms. The summed E-state index contributed by atoms with van der Waals surface area (Å²) in [5.41, 5.74) is 3.10. The third kappa shape index (κ3) is 3.10. The lowest BCUT2D eigenvalue weighted by molar-refractivity contribution is 0.0971. The lowest BCUT2D eigenvalue weighted by Gasteiger charge is -2.25. The molecule has 1 aromatic heterocycles. The van der Waals surface area contributed by atoms with Gasteiger partial charge in [-0.3, -0.25) is 14.5 Å². The van der Waals surface area contributed by atoms with Crippen molar-refractivity contribution in [1.29, 1.82) is 0 Å². The summed E-state index contributed by atoms with van der Waals surface area (Å²) in [6.45, 7) is 4.42. The van der Waals surface area contributed by atoms with E-state index in [2.05, 4.69) is 0 Å². The van der Waals surface area contributed by atoms with Crippen LogP contribution in [-0.2, 0) is 0 Å². The van der Waals surface area contributed by atoms with E-state index in [9.17, 15) is 9.59 Å². The van der Waals surface area contributed by atoms with Gasteiger partial charge in [0.05, 0.1) is 23.6 Å². The largest absolute Gasteiger partial charge is 0.494 e. The Hall–Kier alpha value is -3.86. The van der Waals surface area contributed by atoms with Crippen molar-refractivity contribution in [3.63, 3.8) is 0 Å². The quantitative estimate of drug-likeness (QED) is 0.460. The number of fused-ring (bicyclic) bond motifs is 2. The maximum Gasteiger partial charge on any atom is 0.295 e. The number of benzene rings is 3. The molecule has 0 radical (unpaired) electrons. The SMILES string of the molecule is CCOc1ccc(C2c3c(oc4ccc(C)cc4c3=O)C(=O)N2c2ccccc2)cc1. The molecule has 31 heavy (non-hydrogen) atoms. The molecule has 0 saturated heterocycles. The maximum atomic E-state index is 13.6. The molecular formula is C26H21NO4. The van der Waals surface area contributed by atoms with Crippen LogP contribution in [0.2, 0.25) is 0 Å². The van der Waals surface area contributed by atoms with E-state index in [0.29, 0.717) is 28.8 Å². The predicted octanol–water partition coefficient (Wildman–Crippen LogP) is 5.25. The molecule has 154 valence electrons. The first-order chi connectivity index (χ1) is 15.1. The van der Waals surface area contributed by atoms with Gasteiger partial charge in [-0.05, 0) is 55.8 Å². The van der Waals surface area contributed by atoms with Crippen molar-refractivity contribution in [3.8, 4) is 5.75 Å². The van der Waals surface area contributed by atoms with Crippen LogP contribution < -0.4 is 15.1 Å². The van der Waals surface area contributed by atoms with Crippen LogP contribution in [-0.4, -0.2) is 12.5 Å². The summed E-state index contributed by atoms with van der Waals surface area (Å²) >= 11 is 0. The van der Waals surface area contributed by atoms with Crippen molar-refractivity contribution in [3.05, 3.63) is 105 Å². The highest BCUT2D eigenvalue weighted by Crippen LogP contribution is 2.41. The van der Waals surface area contributed by atoms with Gasteiger partial charge in [0.2, 0.25) is 5.76 Å². The molecule has 2 heterocycles. The summed E-state index contributed by atoms with van der Waals surface area (Å²) in [7, 11) is 0. The van der Waals surface area contributed by atoms with E-state index in [-0.39, 0.29) is 17.1 Å². The number of nitrogens with zero attached hydrogens (tertiary/aromatic N) is 1. The van der Waals surface area contributed by atoms with Gasteiger partial charge in [-0.2, -0.15) is 0 Å². The van der Waals surface area contributed by atoms with E-state index in [1.165, 1.54) is 0 Å². The molecule has 1 amide bonds. The Morgan fingerprint density at radius 2 is 1.71 bits per heavy atom. The summed E-state index contributed by atoms with van der Waals surface area (Å²) in [5, 5.41) is 0.484. The van der Waals surface area contributed by atoms with Crippen molar-refractivity contribution in [2.24, 2.45) is 0 Å². The molecule has 1 aliphatic rings. The van der Waals surface area contributed by atoms with Gasteiger partial charge in [0.15, 0.2) is 5.43 Å². The van der Waals surface area contributed by atoms with Crippen LogP contribution in [0.1, 0.15) is 40.2 Å². The summed E-state index contributed by atoms with van der Waals surface area (Å²) in [5.74, 6) is 0.520. The zero-order chi connectivity index (χ0) is 21.5. The molecule has 5 nitrogen and oxygen atoms in total. The Bertz CT molecular complexity index is 1340.